The number of hydrogen-bond acceptors (Lipinski definition) is 3. The van der Waals surface area contributed by atoms with Crippen LogP contribution in [0.5, 0.6) is 0 Å². The van der Waals surface area contributed by atoms with E-state index >= 15 is 0 Å². The predicted octanol–water partition coefficient (Wildman–Crippen LogP) is 5.78. The van der Waals surface area contributed by atoms with Crippen LogP contribution in [0.25, 0.3) is 0 Å². The molecule has 1 unspecified atom stereocenters. The molecule has 0 bridgehead atoms. The third-order valence-corrected chi connectivity index (χ3v) is 4.54. The van der Waals surface area contributed by atoms with Gasteiger partial charge in [-0.3, -0.25) is 4.79 Å². The van der Waals surface area contributed by atoms with E-state index in [9.17, 15) is 9.90 Å². The monoisotopic (exact) mass is 328 g/mol. The summed E-state index contributed by atoms with van der Waals surface area (Å²) in [7, 11) is 1.45. The lowest BCUT2D eigenvalue weighted by Gasteiger charge is -2.09. The van der Waals surface area contributed by atoms with Crippen molar-refractivity contribution in [3.63, 3.8) is 0 Å². The largest absolute Gasteiger partial charge is 0.469 e. The first-order valence-electron chi connectivity index (χ1n) is 9.95. The Labute approximate surface area is 144 Å². The molecule has 138 valence electrons. The maximum absolute atomic E-state index is 10.9. The topological polar surface area (TPSA) is 46.5 Å². The molecule has 0 radical (unpaired) electrons. The van der Waals surface area contributed by atoms with Crippen molar-refractivity contribution in [2.45, 2.75) is 116 Å². The van der Waals surface area contributed by atoms with Crippen LogP contribution in [0.4, 0.5) is 0 Å². The minimum absolute atomic E-state index is 0.0634. The molecule has 3 heteroatoms. The summed E-state index contributed by atoms with van der Waals surface area (Å²) in [5.74, 6) is -0.0829. The Bertz CT molecular complexity index is 253. The first-order valence-corrected chi connectivity index (χ1v) is 9.95. The summed E-state index contributed by atoms with van der Waals surface area (Å²) in [6.45, 7) is 2.20. The summed E-state index contributed by atoms with van der Waals surface area (Å²) in [6.07, 6.45) is 18.5. The van der Waals surface area contributed by atoms with Crippen LogP contribution in [-0.4, -0.2) is 24.3 Å². The van der Waals surface area contributed by atoms with E-state index in [0.29, 0.717) is 6.42 Å². The van der Waals surface area contributed by atoms with Crippen molar-refractivity contribution in [1.29, 1.82) is 0 Å². The average Bonchev–Trinajstić information content (AvgIpc) is 2.55. The first kappa shape index (κ1) is 22.4. The first-order chi connectivity index (χ1) is 11.2. The number of carbonyl (C=O) groups is 1. The third kappa shape index (κ3) is 17.6. The van der Waals surface area contributed by atoms with Crippen molar-refractivity contribution in [3.8, 4) is 0 Å². The molecule has 0 aliphatic heterocycles. The number of esters is 1. The standard InChI is InChI=1S/C20H40O3/c1-3-4-13-16-19(21)17-14-11-9-7-5-6-8-10-12-15-18-20(22)23-2/h19,21H,3-18H2,1-2H3. The maximum atomic E-state index is 10.9. The van der Waals surface area contributed by atoms with E-state index in [0.717, 1.165) is 25.7 Å². The van der Waals surface area contributed by atoms with Gasteiger partial charge in [0.05, 0.1) is 13.2 Å². The molecule has 1 atom stereocenters. The normalized spacial score (nSPS) is 12.3. The number of methoxy groups -OCH3 is 1. The van der Waals surface area contributed by atoms with Crippen molar-refractivity contribution in [3.05, 3.63) is 0 Å². The molecule has 23 heavy (non-hydrogen) atoms. The van der Waals surface area contributed by atoms with Crippen LogP contribution < -0.4 is 0 Å². The minimum atomic E-state index is -0.0829. The lowest BCUT2D eigenvalue weighted by molar-refractivity contribution is -0.140. The molecule has 0 aliphatic carbocycles. The van der Waals surface area contributed by atoms with Crippen molar-refractivity contribution in [2.24, 2.45) is 0 Å². The Balaban J connectivity index is 3.11. The molecule has 0 saturated carbocycles. The number of aliphatic hydroxyl groups excluding tert-OH is 1. The Morgan fingerprint density at radius 3 is 1.70 bits per heavy atom. The molecule has 0 aromatic carbocycles. The highest BCUT2D eigenvalue weighted by atomic mass is 16.5. The van der Waals surface area contributed by atoms with Crippen LogP contribution in [0.15, 0.2) is 0 Å². The summed E-state index contributed by atoms with van der Waals surface area (Å²) in [5, 5.41) is 9.84. The molecule has 0 aromatic heterocycles. The Morgan fingerprint density at radius 2 is 1.22 bits per heavy atom. The fourth-order valence-corrected chi connectivity index (χ4v) is 2.94. The van der Waals surface area contributed by atoms with Gasteiger partial charge in [-0.2, -0.15) is 0 Å². The quantitative estimate of drug-likeness (QED) is 0.272. The lowest BCUT2D eigenvalue weighted by Crippen LogP contribution is -2.05. The molecular formula is C20H40O3. The van der Waals surface area contributed by atoms with Gasteiger partial charge in [-0.05, 0) is 19.3 Å². The molecule has 0 fully saturated rings. The van der Waals surface area contributed by atoms with E-state index in [2.05, 4.69) is 11.7 Å². The summed E-state index contributed by atoms with van der Waals surface area (Å²) in [4.78, 5) is 10.9. The van der Waals surface area contributed by atoms with Crippen molar-refractivity contribution >= 4 is 5.97 Å². The third-order valence-electron chi connectivity index (χ3n) is 4.54. The molecule has 0 amide bonds. The highest BCUT2D eigenvalue weighted by Crippen LogP contribution is 2.14. The Kier molecular flexibility index (Phi) is 17.3. The van der Waals surface area contributed by atoms with Crippen molar-refractivity contribution in [1.82, 2.24) is 0 Å². The van der Waals surface area contributed by atoms with E-state index in [4.69, 9.17) is 0 Å². The van der Waals surface area contributed by atoms with Gasteiger partial charge in [0.1, 0.15) is 0 Å². The Hall–Kier alpha value is -0.570. The van der Waals surface area contributed by atoms with Gasteiger partial charge in [-0.15, -0.1) is 0 Å². The summed E-state index contributed by atoms with van der Waals surface area (Å²) >= 11 is 0. The second-order valence-corrected chi connectivity index (χ2v) is 6.80. The lowest BCUT2D eigenvalue weighted by atomic mass is 10.0. The maximum Gasteiger partial charge on any atom is 0.305 e. The predicted molar refractivity (Wildman–Crippen MR) is 97.6 cm³/mol. The van der Waals surface area contributed by atoms with Crippen LogP contribution in [-0.2, 0) is 9.53 Å². The molecule has 0 saturated heterocycles. The molecule has 1 N–H and O–H groups in total. The smallest absolute Gasteiger partial charge is 0.305 e. The van der Waals surface area contributed by atoms with Gasteiger partial charge in [0.2, 0.25) is 0 Å². The summed E-state index contributed by atoms with van der Waals surface area (Å²) in [5.41, 5.74) is 0. The Morgan fingerprint density at radius 1 is 0.783 bits per heavy atom. The van der Waals surface area contributed by atoms with Gasteiger partial charge >= 0.3 is 5.97 Å². The van der Waals surface area contributed by atoms with Crippen molar-refractivity contribution < 1.29 is 14.6 Å². The number of ether oxygens (including phenoxy) is 1. The zero-order chi connectivity index (χ0) is 17.2. The highest BCUT2D eigenvalue weighted by Gasteiger charge is 2.03. The second kappa shape index (κ2) is 17.8. The van der Waals surface area contributed by atoms with Gasteiger partial charge in [0.15, 0.2) is 0 Å². The molecule has 0 rings (SSSR count). The fourth-order valence-electron chi connectivity index (χ4n) is 2.94. The van der Waals surface area contributed by atoms with Crippen LogP contribution in [0.1, 0.15) is 110 Å². The van der Waals surface area contributed by atoms with Crippen LogP contribution in [0, 0.1) is 0 Å². The van der Waals surface area contributed by atoms with E-state index in [-0.39, 0.29) is 12.1 Å². The van der Waals surface area contributed by atoms with E-state index in [1.54, 1.807) is 0 Å². The molecule has 0 aromatic rings. The van der Waals surface area contributed by atoms with E-state index in [1.165, 1.54) is 77.7 Å². The number of unbranched alkanes of at least 4 members (excludes halogenated alkanes) is 11. The van der Waals surface area contributed by atoms with Gasteiger partial charge in [-0.1, -0.05) is 84.0 Å². The zero-order valence-corrected chi connectivity index (χ0v) is 15.7. The summed E-state index contributed by atoms with van der Waals surface area (Å²) in [6, 6.07) is 0. The molecule has 3 nitrogen and oxygen atoms in total. The molecule has 0 heterocycles. The highest BCUT2D eigenvalue weighted by molar-refractivity contribution is 5.68. The van der Waals surface area contributed by atoms with Crippen LogP contribution in [0.3, 0.4) is 0 Å². The minimum Gasteiger partial charge on any atom is -0.469 e. The van der Waals surface area contributed by atoms with Gasteiger partial charge in [0, 0.05) is 6.42 Å². The average molecular weight is 329 g/mol. The SMILES string of the molecule is CCCCCC(O)CCCCCCCCCCCCC(=O)OC. The number of rotatable bonds is 17. The van der Waals surface area contributed by atoms with Crippen molar-refractivity contribution in [2.75, 3.05) is 7.11 Å². The zero-order valence-electron chi connectivity index (χ0n) is 15.7. The van der Waals surface area contributed by atoms with Crippen LogP contribution in [0.2, 0.25) is 0 Å². The van der Waals surface area contributed by atoms with Gasteiger partial charge in [-0.25, -0.2) is 0 Å². The number of carbonyl (C=O) groups excluding carboxylic acids is 1. The molecule has 0 aliphatic rings. The van der Waals surface area contributed by atoms with Gasteiger partial charge < -0.3 is 9.84 Å². The van der Waals surface area contributed by atoms with E-state index in [1.807, 2.05) is 0 Å². The number of hydrogen-bond donors (Lipinski definition) is 1. The summed E-state index contributed by atoms with van der Waals surface area (Å²) < 4.78 is 4.63. The fraction of sp³-hybridized carbons (Fsp3) is 0.950. The molecule has 0 spiro atoms. The van der Waals surface area contributed by atoms with E-state index < -0.39 is 0 Å². The van der Waals surface area contributed by atoms with Crippen LogP contribution >= 0.6 is 0 Å². The van der Waals surface area contributed by atoms with Gasteiger partial charge in [0.25, 0.3) is 0 Å². The molecular weight excluding hydrogens is 288 g/mol. The second-order valence-electron chi connectivity index (χ2n) is 6.80. The number of aliphatic hydroxyl groups is 1.